The lowest BCUT2D eigenvalue weighted by molar-refractivity contribution is -0.123. The van der Waals surface area contributed by atoms with Crippen LogP contribution in [0.2, 0.25) is 5.02 Å². The average molecular weight is 333 g/mol. The van der Waals surface area contributed by atoms with Crippen molar-refractivity contribution < 1.29 is 9.59 Å². The van der Waals surface area contributed by atoms with Crippen molar-refractivity contribution in [2.75, 3.05) is 22.1 Å². The van der Waals surface area contributed by atoms with E-state index in [1.807, 2.05) is 0 Å². The van der Waals surface area contributed by atoms with E-state index in [1.54, 1.807) is 24.3 Å². The molecule has 2 aromatic rings. The number of carbonyl (C=O) groups is 2. The van der Waals surface area contributed by atoms with Crippen molar-refractivity contribution in [3.8, 4) is 0 Å². The Kier molecular flexibility index (Phi) is 3.75. The summed E-state index contributed by atoms with van der Waals surface area (Å²) in [5.74, 6) is -1.35. The van der Waals surface area contributed by atoms with E-state index >= 15 is 0 Å². The average Bonchev–Trinajstić information content (AvgIpc) is 2.48. The monoisotopic (exact) mass is 332 g/mol. The minimum atomic E-state index is -0.796. The van der Waals surface area contributed by atoms with Gasteiger partial charge >= 0.3 is 0 Å². The first-order chi connectivity index (χ1) is 10.9. The van der Waals surface area contributed by atoms with Crippen LogP contribution in [0.15, 0.2) is 24.3 Å². The summed E-state index contributed by atoms with van der Waals surface area (Å²) in [6, 6.07) is 6.62. The molecule has 2 heterocycles. The van der Waals surface area contributed by atoms with Crippen LogP contribution in [0.1, 0.15) is 17.9 Å². The van der Waals surface area contributed by atoms with Crippen LogP contribution in [0.4, 0.5) is 23.3 Å². The molecule has 23 heavy (non-hydrogen) atoms. The number of hydrogen-bond donors (Lipinski definition) is 4. The zero-order valence-corrected chi connectivity index (χ0v) is 12.6. The van der Waals surface area contributed by atoms with Crippen molar-refractivity contribution in [3.63, 3.8) is 0 Å². The number of amides is 2. The van der Waals surface area contributed by atoms with E-state index in [-0.39, 0.29) is 35.8 Å². The molecule has 3 rings (SSSR count). The van der Waals surface area contributed by atoms with E-state index in [0.29, 0.717) is 16.3 Å². The Morgan fingerprint density at radius 1 is 1.26 bits per heavy atom. The molecule has 0 unspecified atom stereocenters. The maximum absolute atomic E-state index is 12.5. The van der Waals surface area contributed by atoms with Crippen molar-refractivity contribution in [1.29, 1.82) is 0 Å². The van der Waals surface area contributed by atoms with Crippen LogP contribution in [-0.4, -0.2) is 21.8 Å². The van der Waals surface area contributed by atoms with Crippen molar-refractivity contribution in [2.45, 2.75) is 12.3 Å². The highest BCUT2D eigenvalue weighted by atomic mass is 35.5. The van der Waals surface area contributed by atoms with Gasteiger partial charge in [-0.25, -0.2) is 0 Å². The molecule has 1 aromatic carbocycles. The van der Waals surface area contributed by atoms with Crippen molar-refractivity contribution >= 4 is 46.7 Å². The molecule has 0 spiro atoms. The van der Waals surface area contributed by atoms with Gasteiger partial charge in [-0.05, 0) is 24.3 Å². The first kappa shape index (κ1) is 15.0. The second kappa shape index (κ2) is 5.73. The Bertz CT molecular complexity index is 793. The summed E-state index contributed by atoms with van der Waals surface area (Å²) in [7, 11) is 0. The molecular weight excluding hydrogens is 320 g/mol. The van der Waals surface area contributed by atoms with E-state index < -0.39 is 5.92 Å². The summed E-state index contributed by atoms with van der Waals surface area (Å²) in [5, 5.41) is 5.83. The lowest BCUT2D eigenvalue weighted by Gasteiger charge is -2.25. The lowest BCUT2D eigenvalue weighted by Crippen LogP contribution is -2.32. The molecule has 0 bridgehead atoms. The molecule has 1 aliphatic rings. The Morgan fingerprint density at radius 2 is 1.96 bits per heavy atom. The number of nitrogens with zero attached hydrogens (tertiary/aromatic N) is 2. The third kappa shape index (κ3) is 3.02. The fraction of sp³-hybridized carbons (Fsp3) is 0.143. The highest BCUT2D eigenvalue weighted by Crippen LogP contribution is 2.35. The zero-order chi connectivity index (χ0) is 16.6. The molecule has 1 aliphatic heterocycles. The molecule has 1 atom stereocenters. The largest absolute Gasteiger partial charge is 0.383 e. The van der Waals surface area contributed by atoms with Crippen LogP contribution in [0, 0.1) is 0 Å². The van der Waals surface area contributed by atoms with Gasteiger partial charge in [-0.1, -0.05) is 11.6 Å². The Balaban J connectivity index is 1.92. The first-order valence-corrected chi connectivity index (χ1v) is 7.11. The van der Waals surface area contributed by atoms with Gasteiger partial charge in [-0.2, -0.15) is 9.97 Å². The molecule has 6 N–H and O–H groups in total. The fourth-order valence-corrected chi connectivity index (χ4v) is 2.53. The van der Waals surface area contributed by atoms with Gasteiger partial charge in [0.2, 0.25) is 17.8 Å². The topological polar surface area (TPSA) is 136 Å². The summed E-state index contributed by atoms with van der Waals surface area (Å²) in [5.41, 5.74) is 12.3. The summed E-state index contributed by atoms with van der Waals surface area (Å²) < 4.78 is 0. The number of anilines is 4. The Morgan fingerprint density at radius 3 is 2.65 bits per heavy atom. The minimum absolute atomic E-state index is 0.0517. The van der Waals surface area contributed by atoms with Crippen molar-refractivity contribution in [3.05, 3.63) is 34.9 Å². The van der Waals surface area contributed by atoms with Crippen LogP contribution in [0.5, 0.6) is 0 Å². The van der Waals surface area contributed by atoms with Gasteiger partial charge in [0.05, 0.1) is 11.5 Å². The predicted molar refractivity (Wildman–Crippen MR) is 86.9 cm³/mol. The number of hydrogen-bond acceptors (Lipinski definition) is 6. The number of carbonyl (C=O) groups excluding carboxylic acids is 2. The number of nitrogens with two attached hydrogens (primary N) is 2. The molecule has 0 radical (unpaired) electrons. The maximum Gasteiger partial charge on any atom is 0.232 e. The third-order valence-corrected chi connectivity index (χ3v) is 3.67. The molecule has 8 nitrogen and oxygen atoms in total. The van der Waals surface area contributed by atoms with Gasteiger partial charge in [0.25, 0.3) is 0 Å². The van der Waals surface area contributed by atoms with Gasteiger partial charge < -0.3 is 22.1 Å². The molecule has 0 aliphatic carbocycles. The van der Waals surface area contributed by atoms with E-state index in [9.17, 15) is 9.59 Å². The molecular formula is C14H13ClN6O2. The highest BCUT2D eigenvalue weighted by Gasteiger charge is 2.34. The molecule has 0 saturated heterocycles. The Hall–Kier alpha value is -2.87. The Labute approximate surface area is 136 Å². The van der Waals surface area contributed by atoms with Crippen molar-refractivity contribution in [1.82, 2.24) is 9.97 Å². The second-order valence-corrected chi connectivity index (χ2v) is 5.47. The van der Waals surface area contributed by atoms with Crippen LogP contribution in [0.3, 0.4) is 0 Å². The minimum Gasteiger partial charge on any atom is -0.383 e. The number of nitrogens with one attached hydrogen (secondary N) is 2. The third-order valence-electron chi connectivity index (χ3n) is 3.42. The number of nitrogen functional groups attached to an aromatic ring is 2. The molecule has 2 amide bonds. The van der Waals surface area contributed by atoms with Crippen LogP contribution < -0.4 is 22.1 Å². The van der Waals surface area contributed by atoms with E-state index in [1.165, 1.54) is 0 Å². The normalized spacial score (nSPS) is 16.4. The number of benzene rings is 1. The summed E-state index contributed by atoms with van der Waals surface area (Å²) >= 11 is 5.81. The molecule has 0 fully saturated rings. The first-order valence-electron chi connectivity index (χ1n) is 6.73. The SMILES string of the molecule is Nc1nc(N)c2c(n1)NC(=O)C[C@@H]2C(=O)Nc1ccc(Cl)cc1. The standard InChI is InChI=1S/C14H13ClN6O2/c15-6-1-3-7(4-2-6)18-13(23)8-5-9(22)19-12-10(8)11(16)20-14(17)21-12/h1-4,8H,5H2,(H,18,23)(H5,16,17,19,20,21,22)/t8-/m0/s1. The summed E-state index contributed by atoms with van der Waals surface area (Å²) in [4.78, 5) is 32.1. The molecule has 9 heteroatoms. The van der Waals surface area contributed by atoms with Crippen molar-refractivity contribution in [2.24, 2.45) is 0 Å². The quantitative estimate of drug-likeness (QED) is 0.655. The number of halogens is 1. The van der Waals surface area contributed by atoms with E-state index in [2.05, 4.69) is 20.6 Å². The van der Waals surface area contributed by atoms with Gasteiger partial charge in [0.1, 0.15) is 11.6 Å². The number of fused-ring (bicyclic) bond motifs is 1. The lowest BCUT2D eigenvalue weighted by atomic mass is 9.92. The fourth-order valence-electron chi connectivity index (χ4n) is 2.40. The number of rotatable bonds is 2. The zero-order valence-electron chi connectivity index (χ0n) is 11.8. The van der Waals surface area contributed by atoms with Gasteiger partial charge in [0, 0.05) is 17.1 Å². The van der Waals surface area contributed by atoms with Crippen LogP contribution in [-0.2, 0) is 9.59 Å². The predicted octanol–water partition coefficient (Wildman–Crippen LogP) is 1.36. The molecule has 0 saturated carbocycles. The summed E-state index contributed by atoms with van der Waals surface area (Å²) in [6.07, 6.45) is -0.0517. The second-order valence-electron chi connectivity index (χ2n) is 5.03. The smallest absolute Gasteiger partial charge is 0.232 e. The van der Waals surface area contributed by atoms with E-state index in [0.717, 1.165) is 0 Å². The highest BCUT2D eigenvalue weighted by molar-refractivity contribution is 6.30. The maximum atomic E-state index is 12.5. The molecule has 118 valence electrons. The van der Waals surface area contributed by atoms with Gasteiger partial charge in [-0.3, -0.25) is 9.59 Å². The van der Waals surface area contributed by atoms with E-state index in [4.69, 9.17) is 23.1 Å². The van der Waals surface area contributed by atoms with Crippen LogP contribution in [0.25, 0.3) is 0 Å². The van der Waals surface area contributed by atoms with Crippen LogP contribution >= 0.6 is 11.6 Å². The number of aromatic nitrogens is 2. The summed E-state index contributed by atoms with van der Waals surface area (Å²) in [6.45, 7) is 0. The van der Waals surface area contributed by atoms with Gasteiger partial charge in [-0.15, -0.1) is 0 Å². The van der Waals surface area contributed by atoms with Gasteiger partial charge in [0.15, 0.2) is 0 Å². The molecule has 1 aromatic heterocycles.